The van der Waals surface area contributed by atoms with E-state index in [0.29, 0.717) is 22.3 Å². The first-order valence-corrected chi connectivity index (χ1v) is 7.60. The van der Waals surface area contributed by atoms with Crippen molar-refractivity contribution in [1.82, 2.24) is 0 Å². The van der Waals surface area contributed by atoms with Gasteiger partial charge in [0.2, 0.25) is 5.69 Å². The number of halogens is 1. The smallest absolute Gasteiger partial charge is 0.213 e. The summed E-state index contributed by atoms with van der Waals surface area (Å²) in [5.74, 6) is -0.305. The Labute approximate surface area is 138 Å². The van der Waals surface area contributed by atoms with E-state index >= 15 is 0 Å². The van der Waals surface area contributed by atoms with Crippen molar-refractivity contribution < 1.29 is 13.4 Å². The highest BCUT2D eigenvalue weighted by Gasteiger charge is 2.22. The zero-order valence-electron chi connectivity index (χ0n) is 13.3. The zero-order valence-corrected chi connectivity index (χ0v) is 13.3. The van der Waals surface area contributed by atoms with E-state index in [1.807, 2.05) is 36.0 Å². The molecule has 2 aromatic heterocycles. The lowest BCUT2D eigenvalue weighted by Crippen LogP contribution is -2.30. The fraction of sp³-hybridized carbons (Fsp3) is 0.100. The van der Waals surface area contributed by atoms with Crippen molar-refractivity contribution in [2.75, 3.05) is 0 Å². The van der Waals surface area contributed by atoms with Gasteiger partial charge in [0.25, 0.3) is 0 Å². The standard InChI is InChI=1S/C20H14FN2O/c1-12-15(21)10-18-20(19(12)16-5-3-4-8-23(16)2)14-9-13(11-22)6-7-17(14)24-18/h3-10H,1-2H3/q+1. The van der Waals surface area contributed by atoms with Crippen LogP contribution in [0.5, 0.6) is 0 Å². The molecule has 4 rings (SSSR count). The summed E-state index contributed by atoms with van der Waals surface area (Å²) in [7, 11) is 1.93. The summed E-state index contributed by atoms with van der Waals surface area (Å²) in [5.41, 5.74) is 3.94. The Morgan fingerprint density at radius 2 is 1.96 bits per heavy atom. The van der Waals surface area contributed by atoms with Gasteiger partial charge in [-0.05, 0) is 36.8 Å². The molecule has 0 spiro atoms. The summed E-state index contributed by atoms with van der Waals surface area (Å²) in [6.07, 6.45) is 1.93. The lowest BCUT2D eigenvalue weighted by Gasteiger charge is -2.07. The molecular weight excluding hydrogens is 303 g/mol. The summed E-state index contributed by atoms with van der Waals surface area (Å²) < 4.78 is 22.3. The van der Waals surface area contributed by atoms with Gasteiger partial charge < -0.3 is 4.42 Å². The normalized spacial score (nSPS) is 11.1. The number of aryl methyl sites for hydroxylation is 1. The third-order valence-electron chi connectivity index (χ3n) is 4.40. The fourth-order valence-corrected chi connectivity index (χ4v) is 3.18. The van der Waals surface area contributed by atoms with Crippen LogP contribution in [0.25, 0.3) is 33.2 Å². The van der Waals surface area contributed by atoms with E-state index in [0.717, 1.165) is 22.0 Å². The second-order valence-electron chi connectivity index (χ2n) is 5.85. The number of hydrogen-bond acceptors (Lipinski definition) is 2. The van der Waals surface area contributed by atoms with Crippen LogP contribution in [0.1, 0.15) is 11.1 Å². The Balaban J connectivity index is 2.24. The van der Waals surface area contributed by atoms with Crippen molar-refractivity contribution in [2.45, 2.75) is 6.92 Å². The first-order chi connectivity index (χ1) is 11.6. The van der Waals surface area contributed by atoms with Crippen LogP contribution in [-0.2, 0) is 7.05 Å². The van der Waals surface area contributed by atoms with Crippen molar-refractivity contribution in [1.29, 1.82) is 5.26 Å². The molecule has 4 aromatic rings. The monoisotopic (exact) mass is 317 g/mol. The fourth-order valence-electron chi connectivity index (χ4n) is 3.18. The molecular formula is C20H14FN2O+. The van der Waals surface area contributed by atoms with E-state index in [9.17, 15) is 9.65 Å². The minimum absolute atomic E-state index is 0.305. The molecule has 116 valence electrons. The van der Waals surface area contributed by atoms with Gasteiger partial charge in [-0.15, -0.1) is 0 Å². The predicted octanol–water partition coefficient (Wildman–Crippen LogP) is 4.40. The van der Waals surface area contributed by atoms with E-state index in [2.05, 4.69) is 6.07 Å². The van der Waals surface area contributed by atoms with Crippen LogP contribution in [-0.4, -0.2) is 0 Å². The Morgan fingerprint density at radius 3 is 2.71 bits per heavy atom. The number of pyridine rings is 1. The van der Waals surface area contributed by atoms with Crippen LogP contribution in [0.2, 0.25) is 0 Å². The van der Waals surface area contributed by atoms with E-state index in [1.54, 1.807) is 25.1 Å². The SMILES string of the molecule is Cc1c(F)cc2oc3ccc(C#N)cc3c2c1-c1cccc[n+]1C. The molecule has 0 unspecified atom stereocenters. The van der Waals surface area contributed by atoms with Gasteiger partial charge in [0.05, 0.1) is 17.2 Å². The van der Waals surface area contributed by atoms with Gasteiger partial charge >= 0.3 is 0 Å². The average molecular weight is 317 g/mol. The van der Waals surface area contributed by atoms with Crippen molar-refractivity contribution in [2.24, 2.45) is 7.05 Å². The Morgan fingerprint density at radius 1 is 1.12 bits per heavy atom. The van der Waals surface area contributed by atoms with Crippen molar-refractivity contribution in [3.05, 3.63) is 65.6 Å². The van der Waals surface area contributed by atoms with E-state index in [4.69, 9.17) is 4.42 Å². The van der Waals surface area contributed by atoms with E-state index in [-0.39, 0.29) is 5.82 Å². The molecule has 0 N–H and O–H groups in total. The Hall–Kier alpha value is -3.19. The van der Waals surface area contributed by atoms with Crippen LogP contribution in [0.4, 0.5) is 4.39 Å². The number of nitrogens with zero attached hydrogens (tertiary/aromatic N) is 2. The average Bonchev–Trinajstić information content (AvgIpc) is 2.94. The summed E-state index contributed by atoms with van der Waals surface area (Å²) in [6, 6.07) is 14.6. The topological polar surface area (TPSA) is 40.8 Å². The third kappa shape index (κ3) is 1.99. The Bertz CT molecular complexity index is 1150. The van der Waals surface area contributed by atoms with Gasteiger partial charge in [-0.3, -0.25) is 0 Å². The lowest BCUT2D eigenvalue weighted by atomic mass is 9.97. The molecule has 0 atom stereocenters. The summed E-state index contributed by atoms with van der Waals surface area (Å²) >= 11 is 0. The van der Waals surface area contributed by atoms with Gasteiger partial charge in [0.1, 0.15) is 24.0 Å². The number of hydrogen-bond donors (Lipinski definition) is 0. The van der Waals surface area contributed by atoms with Crippen LogP contribution >= 0.6 is 0 Å². The molecule has 0 radical (unpaired) electrons. The number of rotatable bonds is 1. The molecule has 0 saturated carbocycles. The third-order valence-corrected chi connectivity index (χ3v) is 4.40. The van der Waals surface area contributed by atoms with Gasteiger partial charge in [0.15, 0.2) is 6.20 Å². The second-order valence-corrected chi connectivity index (χ2v) is 5.85. The number of nitriles is 1. The van der Waals surface area contributed by atoms with Gasteiger partial charge in [-0.25, -0.2) is 8.96 Å². The number of aromatic nitrogens is 1. The van der Waals surface area contributed by atoms with E-state index < -0.39 is 0 Å². The second kappa shape index (κ2) is 5.17. The maximum absolute atomic E-state index is 14.5. The maximum Gasteiger partial charge on any atom is 0.213 e. The zero-order chi connectivity index (χ0) is 16.8. The minimum atomic E-state index is -0.305. The number of furan rings is 1. The summed E-state index contributed by atoms with van der Waals surface area (Å²) in [5, 5.41) is 10.9. The van der Waals surface area contributed by atoms with Crippen molar-refractivity contribution in [3.63, 3.8) is 0 Å². The molecule has 24 heavy (non-hydrogen) atoms. The van der Waals surface area contributed by atoms with Crippen molar-refractivity contribution >= 4 is 21.9 Å². The molecule has 4 heteroatoms. The van der Waals surface area contributed by atoms with Crippen molar-refractivity contribution in [3.8, 4) is 17.3 Å². The highest BCUT2D eigenvalue weighted by molar-refractivity contribution is 6.12. The molecule has 0 bridgehead atoms. The molecule has 2 aromatic carbocycles. The van der Waals surface area contributed by atoms with Gasteiger partial charge in [-0.2, -0.15) is 5.26 Å². The molecule has 3 nitrogen and oxygen atoms in total. The predicted molar refractivity (Wildman–Crippen MR) is 89.7 cm³/mol. The molecule has 0 fully saturated rings. The minimum Gasteiger partial charge on any atom is -0.456 e. The van der Waals surface area contributed by atoms with Gasteiger partial charge in [0, 0.05) is 29.0 Å². The number of fused-ring (bicyclic) bond motifs is 3. The number of benzene rings is 2. The maximum atomic E-state index is 14.5. The van der Waals surface area contributed by atoms with E-state index in [1.165, 1.54) is 6.07 Å². The molecule has 0 saturated heterocycles. The van der Waals surface area contributed by atoms with Crippen LogP contribution in [0, 0.1) is 24.1 Å². The first-order valence-electron chi connectivity index (χ1n) is 7.60. The van der Waals surface area contributed by atoms with Crippen LogP contribution in [0.15, 0.2) is 53.1 Å². The van der Waals surface area contributed by atoms with Crippen LogP contribution < -0.4 is 4.57 Å². The molecule has 0 aliphatic heterocycles. The molecule has 2 heterocycles. The molecule has 0 amide bonds. The van der Waals surface area contributed by atoms with Crippen LogP contribution in [0.3, 0.4) is 0 Å². The Kier molecular flexibility index (Phi) is 3.10. The highest BCUT2D eigenvalue weighted by Crippen LogP contribution is 2.39. The highest BCUT2D eigenvalue weighted by atomic mass is 19.1. The molecule has 0 aliphatic carbocycles. The largest absolute Gasteiger partial charge is 0.456 e. The summed E-state index contributed by atoms with van der Waals surface area (Å²) in [4.78, 5) is 0. The van der Waals surface area contributed by atoms with Gasteiger partial charge in [-0.1, -0.05) is 0 Å². The quantitative estimate of drug-likeness (QED) is 0.488. The summed E-state index contributed by atoms with van der Waals surface area (Å²) in [6.45, 7) is 1.77. The lowest BCUT2D eigenvalue weighted by molar-refractivity contribution is -0.660. The first kappa shape index (κ1) is 14.4. The molecule has 0 aliphatic rings.